The van der Waals surface area contributed by atoms with Crippen LogP contribution >= 0.6 is 0 Å². The van der Waals surface area contributed by atoms with Crippen molar-refractivity contribution < 1.29 is 9.53 Å². The molecule has 1 amide bonds. The van der Waals surface area contributed by atoms with Crippen LogP contribution in [0.2, 0.25) is 0 Å². The van der Waals surface area contributed by atoms with E-state index in [1.807, 2.05) is 11.7 Å². The van der Waals surface area contributed by atoms with Crippen molar-refractivity contribution in [2.24, 2.45) is 13.0 Å². The van der Waals surface area contributed by atoms with Crippen LogP contribution in [0.5, 0.6) is 0 Å². The van der Waals surface area contributed by atoms with Crippen LogP contribution < -0.4 is 5.32 Å². The zero-order valence-corrected chi connectivity index (χ0v) is 10.7. The highest BCUT2D eigenvalue weighted by atomic mass is 16.5. The van der Waals surface area contributed by atoms with E-state index >= 15 is 0 Å². The largest absolute Gasteiger partial charge is 0.376 e. The van der Waals surface area contributed by atoms with Gasteiger partial charge in [-0.25, -0.2) is 0 Å². The van der Waals surface area contributed by atoms with E-state index < -0.39 is 0 Å². The molecule has 0 atom stereocenters. The predicted octanol–water partition coefficient (Wildman–Crippen LogP) is 0.909. The maximum atomic E-state index is 11.8. The van der Waals surface area contributed by atoms with Crippen molar-refractivity contribution in [3.8, 4) is 0 Å². The van der Waals surface area contributed by atoms with Gasteiger partial charge in [-0.1, -0.05) is 6.42 Å². The molecule has 0 aromatic carbocycles. The summed E-state index contributed by atoms with van der Waals surface area (Å²) in [6.07, 6.45) is 4.17. The Morgan fingerprint density at radius 1 is 1.56 bits per heavy atom. The minimum atomic E-state index is 0.178. The number of hydrogen-bond donors (Lipinski definition) is 1. The molecule has 0 spiro atoms. The van der Waals surface area contributed by atoms with Crippen LogP contribution in [0.25, 0.3) is 0 Å². The lowest BCUT2D eigenvalue weighted by atomic mass is 9.85. The fourth-order valence-electron chi connectivity index (χ4n) is 2.61. The number of nitrogens with zero attached hydrogens (tertiary/aromatic N) is 2. The number of nitrogens with one attached hydrogen (secondary N) is 1. The Hall–Kier alpha value is -1.36. The molecule has 5 heteroatoms. The van der Waals surface area contributed by atoms with E-state index in [1.165, 1.54) is 12.1 Å². The summed E-state index contributed by atoms with van der Waals surface area (Å²) < 4.78 is 7.39. The van der Waals surface area contributed by atoms with Gasteiger partial charge < -0.3 is 10.1 Å². The number of aryl methyl sites for hydroxylation is 1. The summed E-state index contributed by atoms with van der Waals surface area (Å²) in [6, 6.07) is 0. The molecule has 0 unspecified atom stereocenters. The van der Waals surface area contributed by atoms with Crippen molar-refractivity contribution in [1.29, 1.82) is 0 Å². The van der Waals surface area contributed by atoms with Gasteiger partial charge in [-0.2, -0.15) is 5.10 Å². The van der Waals surface area contributed by atoms with E-state index in [1.54, 1.807) is 0 Å². The summed E-state index contributed by atoms with van der Waals surface area (Å²) in [4.78, 5) is 11.8. The molecule has 3 rings (SSSR count). The van der Waals surface area contributed by atoms with E-state index in [9.17, 15) is 4.79 Å². The molecule has 18 heavy (non-hydrogen) atoms. The smallest absolute Gasteiger partial charge is 0.223 e. The van der Waals surface area contributed by atoms with Gasteiger partial charge in [-0.15, -0.1) is 0 Å². The first kappa shape index (κ1) is 11.7. The van der Waals surface area contributed by atoms with Crippen LogP contribution in [0.4, 0.5) is 0 Å². The van der Waals surface area contributed by atoms with E-state index in [2.05, 4.69) is 10.4 Å². The molecule has 2 aliphatic rings. The number of hydrogen-bond acceptors (Lipinski definition) is 3. The van der Waals surface area contributed by atoms with Crippen LogP contribution in [-0.4, -0.2) is 22.3 Å². The molecule has 1 saturated carbocycles. The summed E-state index contributed by atoms with van der Waals surface area (Å²) in [5, 5.41) is 7.48. The highest BCUT2D eigenvalue weighted by Gasteiger charge is 2.26. The average molecular weight is 249 g/mol. The lowest BCUT2D eigenvalue weighted by Gasteiger charge is -2.24. The van der Waals surface area contributed by atoms with E-state index in [0.717, 1.165) is 37.1 Å². The topological polar surface area (TPSA) is 56.2 Å². The summed E-state index contributed by atoms with van der Waals surface area (Å²) >= 11 is 0. The van der Waals surface area contributed by atoms with Crippen molar-refractivity contribution in [2.75, 3.05) is 6.61 Å². The van der Waals surface area contributed by atoms with Gasteiger partial charge in [-0.3, -0.25) is 9.48 Å². The molecule has 98 valence electrons. The normalized spacial score (nSPS) is 19.2. The zero-order chi connectivity index (χ0) is 12.5. The second-order valence-electron chi connectivity index (χ2n) is 5.14. The Morgan fingerprint density at radius 2 is 2.39 bits per heavy atom. The summed E-state index contributed by atoms with van der Waals surface area (Å²) in [6.45, 7) is 1.92. The summed E-state index contributed by atoms with van der Waals surface area (Å²) in [5.41, 5.74) is 3.37. The van der Waals surface area contributed by atoms with Crippen molar-refractivity contribution in [3.05, 3.63) is 17.0 Å². The van der Waals surface area contributed by atoms with Crippen molar-refractivity contribution in [3.63, 3.8) is 0 Å². The molecule has 1 aromatic heterocycles. The number of carbonyl (C=O) groups is 1. The Morgan fingerprint density at radius 3 is 3.11 bits per heavy atom. The SMILES string of the molecule is Cn1nc(CNC(=O)C2CCC2)c2c1CCOC2. The number of rotatable bonds is 3. The molecular formula is C13H19N3O2. The minimum Gasteiger partial charge on any atom is -0.376 e. The highest BCUT2D eigenvalue weighted by molar-refractivity contribution is 5.79. The molecule has 1 aliphatic carbocycles. The maximum absolute atomic E-state index is 11.8. The molecule has 5 nitrogen and oxygen atoms in total. The van der Waals surface area contributed by atoms with Crippen LogP contribution in [0.15, 0.2) is 0 Å². The van der Waals surface area contributed by atoms with Gasteiger partial charge in [-0.05, 0) is 12.8 Å². The Balaban J connectivity index is 1.67. The van der Waals surface area contributed by atoms with E-state index in [0.29, 0.717) is 13.2 Å². The van der Waals surface area contributed by atoms with Gasteiger partial charge >= 0.3 is 0 Å². The van der Waals surface area contributed by atoms with Crippen molar-refractivity contribution in [1.82, 2.24) is 15.1 Å². The van der Waals surface area contributed by atoms with E-state index in [-0.39, 0.29) is 11.8 Å². The standard InChI is InChI=1S/C13H19N3O2/c1-16-12-5-6-18-8-10(12)11(15-16)7-14-13(17)9-3-2-4-9/h9H,2-8H2,1H3,(H,14,17). The monoisotopic (exact) mass is 249 g/mol. The van der Waals surface area contributed by atoms with Crippen LogP contribution in [0, 0.1) is 5.92 Å². The summed E-state index contributed by atoms with van der Waals surface area (Å²) in [7, 11) is 1.96. The second kappa shape index (κ2) is 4.72. The summed E-state index contributed by atoms with van der Waals surface area (Å²) in [5.74, 6) is 0.415. The molecule has 0 radical (unpaired) electrons. The van der Waals surface area contributed by atoms with Gasteiger partial charge in [0.1, 0.15) is 0 Å². The van der Waals surface area contributed by atoms with Crippen LogP contribution in [0.1, 0.15) is 36.2 Å². The lowest BCUT2D eigenvalue weighted by molar-refractivity contribution is -0.127. The first-order chi connectivity index (χ1) is 8.75. The molecule has 1 aliphatic heterocycles. The van der Waals surface area contributed by atoms with Gasteiger partial charge in [0.25, 0.3) is 0 Å². The fraction of sp³-hybridized carbons (Fsp3) is 0.692. The molecule has 1 aromatic rings. The number of aromatic nitrogens is 2. The Labute approximate surface area is 107 Å². The first-order valence-corrected chi connectivity index (χ1v) is 6.65. The van der Waals surface area contributed by atoms with Crippen molar-refractivity contribution >= 4 is 5.91 Å². The molecule has 2 heterocycles. The Kier molecular flexibility index (Phi) is 3.07. The third-order valence-corrected chi connectivity index (χ3v) is 3.99. The molecule has 0 bridgehead atoms. The predicted molar refractivity (Wildman–Crippen MR) is 65.8 cm³/mol. The van der Waals surface area contributed by atoms with Gasteiger partial charge in [0.05, 0.1) is 25.5 Å². The highest BCUT2D eigenvalue weighted by Crippen LogP contribution is 2.26. The van der Waals surface area contributed by atoms with Crippen molar-refractivity contribution in [2.45, 2.75) is 38.8 Å². The van der Waals surface area contributed by atoms with Gasteiger partial charge in [0.15, 0.2) is 0 Å². The van der Waals surface area contributed by atoms with Gasteiger partial charge in [0.2, 0.25) is 5.91 Å². The molecular weight excluding hydrogens is 230 g/mol. The van der Waals surface area contributed by atoms with E-state index in [4.69, 9.17) is 4.74 Å². The van der Waals surface area contributed by atoms with Gasteiger partial charge in [0, 0.05) is 30.6 Å². The minimum absolute atomic E-state index is 0.178. The Bertz CT molecular complexity index is 463. The third-order valence-electron chi connectivity index (χ3n) is 3.99. The molecule has 1 fully saturated rings. The molecule has 0 saturated heterocycles. The number of amides is 1. The van der Waals surface area contributed by atoms with Crippen LogP contribution in [-0.2, 0) is 36.2 Å². The number of ether oxygens (including phenoxy) is 1. The number of fused-ring (bicyclic) bond motifs is 1. The maximum Gasteiger partial charge on any atom is 0.223 e. The average Bonchev–Trinajstić information content (AvgIpc) is 2.62. The zero-order valence-electron chi connectivity index (χ0n) is 10.7. The number of carbonyl (C=O) groups excluding carboxylic acids is 1. The lowest BCUT2D eigenvalue weighted by Crippen LogP contribution is -2.34. The molecule has 1 N–H and O–H groups in total. The third kappa shape index (κ3) is 2.03. The van der Waals surface area contributed by atoms with Crippen LogP contribution in [0.3, 0.4) is 0 Å². The second-order valence-corrected chi connectivity index (χ2v) is 5.14. The quantitative estimate of drug-likeness (QED) is 0.866. The fourth-order valence-corrected chi connectivity index (χ4v) is 2.61. The first-order valence-electron chi connectivity index (χ1n) is 6.65.